The predicted octanol–water partition coefficient (Wildman–Crippen LogP) is 6.47. The molecule has 4 fully saturated rings. The Hall–Kier alpha value is -5.31. The molecule has 7 atom stereocenters. The van der Waals surface area contributed by atoms with Gasteiger partial charge in [0, 0.05) is 35.6 Å². The molecular weight excluding hydrogens is 658 g/mol. The van der Waals surface area contributed by atoms with Gasteiger partial charge >= 0.3 is 12.2 Å². The summed E-state index contributed by atoms with van der Waals surface area (Å²) in [5.74, 6) is 8.71. The highest BCUT2D eigenvalue weighted by Crippen LogP contribution is 2.54. The lowest BCUT2D eigenvalue weighted by Crippen LogP contribution is -2.52. The summed E-state index contributed by atoms with van der Waals surface area (Å²) in [4.78, 5) is 58.9. The molecule has 12 nitrogen and oxygen atoms in total. The van der Waals surface area contributed by atoms with Crippen LogP contribution in [-0.2, 0) is 14.3 Å². The second kappa shape index (κ2) is 12.7. The zero-order valence-electron chi connectivity index (χ0n) is 30.4. The summed E-state index contributed by atoms with van der Waals surface area (Å²) in [6.45, 7) is 9.50. The lowest BCUT2D eigenvalue weighted by molar-refractivity contribution is -0.136. The molecule has 4 aromatic rings. The van der Waals surface area contributed by atoms with Gasteiger partial charge in [0.1, 0.15) is 29.0 Å². The first-order valence-electron chi connectivity index (χ1n) is 18.2. The van der Waals surface area contributed by atoms with Gasteiger partial charge < -0.3 is 29.7 Å². The molecule has 270 valence electrons. The molecule has 3 N–H and O–H groups in total. The summed E-state index contributed by atoms with van der Waals surface area (Å²) in [5.41, 5.74) is 2.72. The normalized spacial score (nSPS) is 24.9. The molecule has 0 radical (unpaired) electrons. The Bertz CT molecular complexity index is 2120. The average Bonchev–Trinajstić information content (AvgIpc) is 3.70. The van der Waals surface area contributed by atoms with Gasteiger partial charge in [0.15, 0.2) is 0 Å². The maximum atomic E-state index is 13.8. The van der Waals surface area contributed by atoms with Crippen molar-refractivity contribution in [3.05, 3.63) is 71.7 Å². The van der Waals surface area contributed by atoms with Crippen molar-refractivity contribution in [1.82, 2.24) is 35.1 Å². The van der Waals surface area contributed by atoms with Gasteiger partial charge in [-0.15, -0.1) is 0 Å². The summed E-state index contributed by atoms with van der Waals surface area (Å²) >= 11 is 0. The van der Waals surface area contributed by atoms with Crippen LogP contribution in [0.3, 0.4) is 0 Å². The number of hydrogen-bond donors (Lipinski definition) is 3. The van der Waals surface area contributed by atoms with Gasteiger partial charge in [-0.2, -0.15) is 0 Å². The Labute approximate surface area is 303 Å². The lowest BCUT2D eigenvalue weighted by atomic mass is 10.0. The molecular formula is C40H45N7O5. The molecule has 2 aliphatic heterocycles. The van der Waals surface area contributed by atoms with Crippen LogP contribution < -0.4 is 5.32 Å². The van der Waals surface area contributed by atoms with Crippen LogP contribution >= 0.6 is 0 Å². The summed E-state index contributed by atoms with van der Waals surface area (Å²) < 4.78 is 10.5. The molecule has 2 aliphatic carbocycles. The quantitative estimate of drug-likeness (QED) is 0.195. The number of benzene rings is 2. The van der Waals surface area contributed by atoms with Crippen LogP contribution in [0.4, 0.5) is 9.59 Å². The van der Waals surface area contributed by atoms with E-state index in [4.69, 9.17) is 19.4 Å². The van der Waals surface area contributed by atoms with E-state index in [0.717, 1.165) is 64.9 Å². The number of alkyl carbamates (subject to hydrolysis) is 1. The van der Waals surface area contributed by atoms with E-state index in [1.165, 1.54) is 7.11 Å². The first-order valence-corrected chi connectivity index (χ1v) is 18.2. The summed E-state index contributed by atoms with van der Waals surface area (Å²) in [6.07, 6.45) is 6.54. The minimum absolute atomic E-state index is 0.0924. The number of carbonyl (C=O) groups is 3. The molecule has 4 heterocycles. The van der Waals surface area contributed by atoms with Crippen LogP contribution in [0, 0.1) is 29.6 Å². The van der Waals surface area contributed by atoms with Crippen LogP contribution in [0.2, 0.25) is 0 Å². The predicted molar refractivity (Wildman–Crippen MR) is 194 cm³/mol. The SMILES string of the molecule is COC(=O)NC(C(=O)N1[C@@H]2C[C@@H]2C[C@H]1c1nc(-c2ccc3cc(C#Cc4c[nH]c(C5C[C@H]6C[C@H]6N5C(=O)OC(C)(C)C)n4)ccc3c2)c[nH]1)C(C)C. The van der Waals surface area contributed by atoms with Crippen molar-refractivity contribution in [1.29, 1.82) is 0 Å². The molecule has 0 spiro atoms. The average molecular weight is 704 g/mol. The molecule has 2 saturated carbocycles. The number of H-pyrrole nitrogens is 2. The van der Waals surface area contributed by atoms with E-state index in [-0.39, 0.29) is 42.1 Å². The van der Waals surface area contributed by atoms with E-state index >= 15 is 0 Å². The third kappa shape index (κ3) is 6.49. The molecule has 2 unspecified atom stereocenters. The molecule has 12 heteroatoms. The Morgan fingerprint density at radius 3 is 2.23 bits per heavy atom. The van der Waals surface area contributed by atoms with Crippen molar-refractivity contribution < 1.29 is 23.9 Å². The van der Waals surface area contributed by atoms with Gasteiger partial charge in [-0.25, -0.2) is 19.6 Å². The molecule has 0 bridgehead atoms. The Kier molecular flexibility index (Phi) is 8.27. The van der Waals surface area contributed by atoms with Crippen molar-refractivity contribution in [2.45, 2.75) is 96.1 Å². The van der Waals surface area contributed by atoms with Crippen molar-refractivity contribution in [2.24, 2.45) is 17.8 Å². The van der Waals surface area contributed by atoms with E-state index in [9.17, 15) is 14.4 Å². The van der Waals surface area contributed by atoms with Crippen LogP contribution in [0.15, 0.2) is 48.8 Å². The van der Waals surface area contributed by atoms with Gasteiger partial charge in [0.05, 0.1) is 24.9 Å². The Balaban J connectivity index is 0.956. The topological polar surface area (TPSA) is 146 Å². The van der Waals surface area contributed by atoms with Gasteiger partial charge in [0.2, 0.25) is 5.91 Å². The third-order valence-corrected chi connectivity index (χ3v) is 10.8. The maximum absolute atomic E-state index is 13.8. The Morgan fingerprint density at radius 2 is 1.52 bits per heavy atom. The van der Waals surface area contributed by atoms with E-state index in [1.807, 2.05) is 62.7 Å². The number of hydrogen-bond acceptors (Lipinski definition) is 7. The maximum Gasteiger partial charge on any atom is 0.411 e. The number of nitrogens with zero attached hydrogens (tertiary/aromatic N) is 4. The standard InChI is InChI=1S/C40H45N7O5/c1-21(2)34(45-38(49)51-6)37(48)46-30-15-26(30)17-32(46)36-42-20-29(44-36)25-11-10-23-13-22(7-9-24(23)14-25)8-12-28-19-41-35(43-28)33-18-27-16-31(27)47(33)39(50)52-40(3,4)5/h7,9-11,13-14,19-21,26-27,30-34H,15-18H2,1-6H3,(H,41,43)(H,42,44)(H,45,49)/t26-,27-,30-,31-,32+,33?,34?/m1/s1. The monoisotopic (exact) mass is 703 g/mol. The Morgan fingerprint density at radius 1 is 0.865 bits per heavy atom. The number of fused-ring (bicyclic) bond motifs is 3. The minimum Gasteiger partial charge on any atom is -0.453 e. The molecule has 2 aromatic carbocycles. The number of amides is 3. The number of rotatable bonds is 6. The highest BCUT2D eigenvalue weighted by atomic mass is 16.6. The minimum atomic E-state index is -0.672. The number of ether oxygens (including phenoxy) is 2. The summed E-state index contributed by atoms with van der Waals surface area (Å²) in [5, 5.41) is 4.85. The third-order valence-electron chi connectivity index (χ3n) is 10.8. The zero-order chi connectivity index (χ0) is 36.5. The van der Waals surface area contributed by atoms with Gasteiger partial charge in [0.25, 0.3) is 0 Å². The highest BCUT2D eigenvalue weighted by molar-refractivity contribution is 5.88. The molecule has 3 amide bonds. The van der Waals surface area contributed by atoms with Crippen LogP contribution in [0.1, 0.15) is 95.3 Å². The van der Waals surface area contributed by atoms with E-state index in [0.29, 0.717) is 17.5 Å². The van der Waals surface area contributed by atoms with Gasteiger partial charge in [-0.1, -0.05) is 38.0 Å². The molecule has 52 heavy (non-hydrogen) atoms. The number of aromatic amines is 2. The number of carbonyl (C=O) groups excluding carboxylic acids is 3. The van der Waals surface area contributed by atoms with Crippen molar-refractivity contribution in [3.63, 3.8) is 0 Å². The van der Waals surface area contributed by atoms with E-state index in [1.54, 1.807) is 6.20 Å². The molecule has 2 aromatic heterocycles. The second-order valence-electron chi connectivity index (χ2n) is 16.0. The molecule has 4 aliphatic rings. The van der Waals surface area contributed by atoms with Gasteiger partial charge in [-0.05, 0) is 99.1 Å². The van der Waals surface area contributed by atoms with Crippen molar-refractivity contribution in [2.75, 3.05) is 7.11 Å². The fourth-order valence-corrected chi connectivity index (χ4v) is 8.00. The number of piperidine rings is 2. The van der Waals surface area contributed by atoms with Crippen molar-refractivity contribution >= 4 is 28.9 Å². The number of methoxy groups -OCH3 is 1. The molecule has 8 rings (SSSR count). The molecule has 2 saturated heterocycles. The van der Waals surface area contributed by atoms with Crippen LogP contribution in [0.5, 0.6) is 0 Å². The summed E-state index contributed by atoms with van der Waals surface area (Å²) in [6, 6.07) is 11.8. The van der Waals surface area contributed by atoms with E-state index in [2.05, 4.69) is 51.4 Å². The lowest BCUT2D eigenvalue weighted by Gasteiger charge is -2.31. The first kappa shape index (κ1) is 33.8. The first-order chi connectivity index (χ1) is 24.9. The van der Waals surface area contributed by atoms with Crippen LogP contribution in [-0.4, -0.2) is 78.7 Å². The largest absolute Gasteiger partial charge is 0.453 e. The number of imidazole rings is 2. The highest BCUT2D eigenvalue weighted by Gasteiger charge is 2.57. The van der Waals surface area contributed by atoms with Crippen molar-refractivity contribution in [3.8, 4) is 23.1 Å². The van der Waals surface area contributed by atoms with Gasteiger partial charge in [-0.3, -0.25) is 9.69 Å². The fourth-order valence-electron chi connectivity index (χ4n) is 8.00. The summed E-state index contributed by atoms with van der Waals surface area (Å²) in [7, 11) is 1.30. The zero-order valence-corrected chi connectivity index (χ0v) is 30.4. The fraction of sp³-hybridized carbons (Fsp3) is 0.475. The van der Waals surface area contributed by atoms with E-state index < -0.39 is 17.7 Å². The van der Waals surface area contributed by atoms with Crippen LogP contribution in [0.25, 0.3) is 22.0 Å². The number of likely N-dealkylation sites (tertiary alicyclic amines) is 2. The second-order valence-corrected chi connectivity index (χ2v) is 16.0. The number of nitrogens with one attached hydrogen (secondary N) is 3. The number of aromatic nitrogens is 4. The smallest absolute Gasteiger partial charge is 0.411 e.